The highest BCUT2D eigenvalue weighted by molar-refractivity contribution is 5.16. The fraction of sp³-hybridized carbons (Fsp3) is 0.600. The first-order valence-electron chi connectivity index (χ1n) is 3.88. The number of hydrogen-bond donors (Lipinski definition) is 0. The Kier molecular flexibility index (Phi) is 5.37. The van der Waals surface area contributed by atoms with Crippen LogP contribution in [0.25, 0.3) is 0 Å². The van der Waals surface area contributed by atoms with E-state index in [-0.39, 0.29) is 0 Å². The molecule has 62 valence electrons. The first-order valence-corrected chi connectivity index (χ1v) is 3.88. The van der Waals surface area contributed by atoms with Gasteiger partial charge in [-0.3, -0.25) is 0 Å². The highest BCUT2D eigenvalue weighted by Crippen LogP contribution is 1.90. The van der Waals surface area contributed by atoms with E-state index in [0.29, 0.717) is 12.5 Å². The van der Waals surface area contributed by atoms with Gasteiger partial charge in [-0.05, 0) is 31.8 Å². The lowest BCUT2D eigenvalue weighted by Crippen LogP contribution is -1.96. The molecule has 0 aliphatic carbocycles. The van der Waals surface area contributed by atoms with Crippen LogP contribution in [-0.4, -0.2) is 6.61 Å². The molecule has 0 heterocycles. The van der Waals surface area contributed by atoms with Gasteiger partial charge in [-0.15, -0.1) is 0 Å². The smallest absolute Gasteiger partial charge is 0.114 e. The molecule has 0 radical (unpaired) electrons. The molecule has 1 nitrogen and oxygen atoms in total. The third-order valence-electron chi connectivity index (χ3n) is 0.909. The molecule has 0 spiro atoms. The molecule has 1 heteroatoms. The molecular weight excluding hydrogens is 136 g/mol. The van der Waals surface area contributed by atoms with Gasteiger partial charge in [0.25, 0.3) is 0 Å². The fourth-order valence-electron chi connectivity index (χ4n) is 0.424. The average Bonchev–Trinajstić information content (AvgIpc) is 1.85. The summed E-state index contributed by atoms with van der Waals surface area (Å²) in [6.45, 7) is 8.93. The minimum Gasteiger partial charge on any atom is -0.446 e. The maximum absolute atomic E-state index is 5.04. The van der Waals surface area contributed by atoms with Crippen molar-refractivity contribution in [3.8, 4) is 12.0 Å². The van der Waals surface area contributed by atoms with Crippen molar-refractivity contribution in [1.82, 2.24) is 0 Å². The van der Waals surface area contributed by atoms with Crippen molar-refractivity contribution in [3.63, 3.8) is 0 Å². The number of hydrogen-bond acceptors (Lipinski definition) is 1. The topological polar surface area (TPSA) is 9.23 Å². The predicted octanol–water partition coefficient (Wildman–Crippen LogP) is 2.59. The Morgan fingerprint density at radius 2 is 2.09 bits per heavy atom. The van der Waals surface area contributed by atoms with Crippen LogP contribution in [0.5, 0.6) is 0 Å². The summed E-state index contributed by atoms with van der Waals surface area (Å²) in [5.74, 6) is 3.36. The van der Waals surface area contributed by atoms with Crippen LogP contribution in [0.2, 0.25) is 0 Å². The van der Waals surface area contributed by atoms with E-state index in [9.17, 15) is 0 Å². The molecule has 0 aromatic rings. The second-order valence-electron chi connectivity index (χ2n) is 3.17. The minimum absolute atomic E-state index is 0.552. The highest BCUT2D eigenvalue weighted by Gasteiger charge is 1.88. The van der Waals surface area contributed by atoms with Crippen molar-refractivity contribution in [2.24, 2.45) is 5.92 Å². The number of allylic oxidation sites excluding steroid dienone is 2. The summed E-state index contributed by atoms with van der Waals surface area (Å²) in [6, 6.07) is 0. The molecule has 0 fully saturated rings. The molecule has 0 rings (SSSR count). The third-order valence-corrected chi connectivity index (χ3v) is 0.909. The van der Waals surface area contributed by atoms with Crippen LogP contribution in [0.4, 0.5) is 0 Å². The SMILES string of the molecule is CC(C)=CC#COCC(C)C. The maximum Gasteiger partial charge on any atom is 0.114 e. The lowest BCUT2D eigenvalue weighted by atomic mass is 10.2. The lowest BCUT2D eigenvalue weighted by molar-refractivity contribution is 0.235. The van der Waals surface area contributed by atoms with Crippen LogP contribution >= 0.6 is 0 Å². The quantitative estimate of drug-likeness (QED) is 0.553. The molecule has 0 aromatic heterocycles. The van der Waals surface area contributed by atoms with Gasteiger partial charge in [0.1, 0.15) is 12.7 Å². The zero-order valence-electron chi connectivity index (χ0n) is 7.77. The molecule has 0 saturated carbocycles. The van der Waals surface area contributed by atoms with Crippen molar-refractivity contribution in [2.75, 3.05) is 6.61 Å². The van der Waals surface area contributed by atoms with Crippen LogP contribution in [0, 0.1) is 17.9 Å². The highest BCUT2D eigenvalue weighted by atomic mass is 16.5. The molecule has 0 bridgehead atoms. The molecule has 0 N–H and O–H groups in total. The summed E-state index contributed by atoms with van der Waals surface area (Å²) in [4.78, 5) is 0. The van der Waals surface area contributed by atoms with Gasteiger partial charge in [-0.2, -0.15) is 0 Å². The second-order valence-corrected chi connectivity index (χ2v) is 3.17. The van der Waals surface area contributed by atoms with Crippen LogP contribution < -0.4 is 0 Å². The van der Waals surface area contributed by atoms with E-state index in [1.54, 1.807) is 0 Å². The van der Waals surface area contributed by atoms with Crippen molar-refractivity contribution >= 4 is 0 Å². The van der Waals surface area contributed by atoms with Gasteiger partial charge in [0.15, 0.2) is 0 Å². The Labute approximate surface area is 69.4 Å². The van der Waals surface area contributed by atoms with E-state index in [1.165, 1.54) is 5.57 Å². The van der Waals surface area contributed by atoms with Gasteiger partial charge < -0.3 is 4.74 Å². The Balaban J connectivity index is 3.49. The summed E-state index contributed by atoms with van der Waals surface area (Å²) < 4.78 is 5.04. The maximum atomic E-state index is 5.04. The van der Waals surface area contributed by atoms with E-state index in [0.717, 1.165) is 0 Å². The minimum atomic E-state index is 0.552. The molecule has 0 saturated heterocycles. The van der Waals surface area contributed by atoms with Gasteiger partial charge in [-0.25, -0.2) is 0 Å². The monoisotopic (exact) mass is 152 g/mol. The Hall–Kier alpha value is -0.900. The van der Waals surface area contributed by atoms with E-state index in [4.69, 9.17) is 4.74 Å². The van der Waals surface area contributed by atoms with Gasteiger partial charge in [0, 0.05) is 0 Å². The second kappa shape index (κ2) is 5.85. The molecular formula is C10H16O. The molecule has 0 aromatic carbocycles. The van der Waals surface area contributed by atoms with Crippen molar-refractivity contribution in [2.45, 2.75) is 27.7 Å². The summed E-state index contributed by atoms with van der Waals surface area (Å²) in [5, 5.41) is 0. The van der Waals surface area contributed by atoms with E-state index >= 15 is 0 Å². The fourth-order valence-corrected chi connectivity index (χ4v) is 0.424. The van der Waals surface area contributed by atoms with Crippen LogP contribution in [0.1, 0.15) is 27.7 Å². The van der Waals surface area contributed by atoms with Crippen molar-refractivity contribution in [3.05, 3.63) is 11.6 Å². The first-order chi connectivity index (χ1) is 5.13. The number of ether oxygens (including phenoxy) is 1. The van der Waals surface area contributed by atoms with Crippen molar-refractivity contribution in [1.29, 1.82) is 0 Å². The largest absolute Gasteiger partial charge is 0.446 e. The van der Waals surface area contributed by atoms with Crippen LogP contribution in [-0.2, 0) is 4.74 Å². The van der Waals surface area contributed by atoms with Crippen LogP contribution in [0.3, 0.4) is 0 Å². The summed E-state index contributed by atoms with van der Waals surface area (Å²) in [5.41, 5.74) is 1.20. The van der Waals surface area contributed by atoms with E-state index in [1.807, 2.05) is 19.9 Å². The summed E-state index contributed by atoms with van der Waals surface area (Å²) in [6.07, 6.45) is 4.47. The summed E-state index contributed by atoms with van der Waals surface area (Å²) >= 11 is 0. The molecule has 0 aliphatic heterocycles. The molecule has 0 aliphatic rings. The van der Waals surface area contributed by atoms with Crippen molar-refractivity contribution < 1.29 is 4.74 Å². The zero-order valence-corrected chi connectivity index (χ0v) is 7.77. The zero-order chi connectivity index (χ0) is 8.69. The van der Waals surface area contributed by atoms with E-state index < -0.39 is 0 Å². The summed E-state index contributed by atoms with van der Waals surface area (Å²) in [7, 11) is 0. The molecule has 11 heavy (non-hydrogen) atoms. The normalized spacial score (nSPS) is 8.45. The van der Waals surface area contributed by atoms with Crippen LogP contribution in [0.15, 0.2) is 11.6 Å². The Morgan fingerprint density at radius 1 is 1.45 bits per heavy atom. The first kappa shape index (κ1) is 10.1. The average molecular weight is 152 g/mol. The standard InChI is InChI=1S/C10H16O/c1-9(2)6-5-7-11-8-10(3)4/h6,10H,8H2,1-4H3. The van der Waals surface area contributed by atoms with Gasteiger partial charge >= 0.3 is 0 Å². The lowest BCUT2D eigenvalue weighted by Gasteiger charge is -1.98. The predicted molar refractivity (Wildman–Crippen MR) is 48.0 cm³/mol. The van der Waals surface area contributed by atoms with Gasteiger partial charge in [0.2, 0.25) is 0 Å². The Morgan fingerprint density at radius 3 is 2.55 bits per heavy atom. The Bertz CT molecular complexity index is 175. The van der Waals surface area contributed by atoms with Gasteiger partial charge in [0.05, 0.1) is 0 Å². The molecule has 0 unspecified atom stereocenters. The van der Waals surface area contributed by atoms with E-state index in [2.05, 4.69) is 25.9 Å². The molecule has 0 amide bonds. The molecule has 0 atom stereocenters. The number of rotatable bonds is 2. The van der Waals surface area contributed by atoms with Gasteiger partial charge in [-0.1, -0.05) is 19.4 Å². The third kappa shape index (κ3) is 9.10.